The molecule has 0 aliphatic carbocycles. The van der Waals surface area contributed by atoms with E-state index < -0.39 is 17.9 Å². The standard InChI is InChI=1S/C26H30F3IN4O3/c1-5-19(14-17(2)34(30)36-4)23-16-33(13-12-26(23,28)29)18(3)25(35)32-24-11-10-22(15-31-24)37-21-8-6-20(27)7-9-21/h5-11,14-15,18,23H,12-13,16H2,1-4H3,(H,31,32,35)/b17-14-,19-5+/t18-,23+/m1/s1. The molecule has 0 unspecified atom stereocenters. The topological polar surface area (TPSA) is 66.9 Å². The van der Waals surface area contributed by atoms with Crippen molar-refractivity contribution in [1.29, 1.82) is 0 Å². The zero-order valence-electron chi connectivity index (χ0n) is 21.1. The molecule has 1 aromatic heterocycles. The Morgan fingerprint density at radius 1 is 1.27 bits per heavy atom. The second-order valence-corrected chi connectivity index (χ2v) is 9.54. The number of piperidine rings is 1. The highest BCUT2D eigenvalue weighted by Gasteiger charge is 2.46. The number of rotatable bonds is 9. The number of allylic oxidation sites excluding steroid dienone is 3. The summed E-state index contributed by atoms with van der Waals surface area (Å²) < 4.78 is 50.0. The molecule has 0 saturated carbocycles. The Balaban J connectivity index is 1.65. The predicted molar refractivity (Wildman–Crippen MR) is 144 cm³/mol. The first-order valence-corrected chi connectivity index (χ1v) is 12.7. The average molecular weight is 630 g/mol. The molecule has 1 aliphatic rings. The van der Waals surface area contributed by atoms with Crippen molar-refractivity contribution in [1.82, 2.24) is 13.2 Å². The number of nitrogens with zero attached hydrogens (tertiary/aromatic N) is 3. The van der Waals surface area contributed by atoms with Crippen molar-refractivity contribution < 1.29 is 27.5 Å². The minimum atomic E-state index is -2.91. The van der Waals surface area contributed by atoms with Crippen LogP contribution in [-0.4, -0.2) is 51.2 Å². The van der Waals surface area contributed by atoms with Gasteiger partial charge in [0.1, 0.15) is 23.1 Å². The molecule has 0 bridgehead atoms. The van der Waals surface area contributed by atoms with Gasteiger partial charge in [-0.3, -0.25) is 14.5 Å². The second-order valence-electron chi connectivity index (χ2n) is 8.66. The van der Waals surface area contributed by atoms with Gasteiger partial charge in [0.15, 0.2) is 0 Å². The van der Waals surface area contributed by atoms with Crippen molar-refractivity contribution in [2.45, 2.75) is 39.2 Å². The lowest BCUT2D eigenvalue weighted by Crippen LogP contribution is -2.53. The summed E-state index contributed by atoms with van der Waals surface area (Å²) in [7, 11) is 1.50. The van der Waals surface area contributed by atoms with Crippen LogP contribution in [-0.2, 0) is 9.63 Å². The predicted octanol–water partition coefficient (Wildman–Crippen LogP) is 6.36. The number of anilines is 1. The Bertz CT molecular complexity index is 1130. The van der Waals surface area contributed by atoms with Crippen LogP contribution in [0, 0.1) is 11.7 Å². The van der Waals surface area contributed by atoms with E-state index in [1.54, 1.807) is 50.0 Å². The van der Waals surface area contributed by atoms with Gasteiger partial charge >= 0.3 is 0 Å². The first-order chi connectivity index (χ1) is 17.5. The van der Waals surface area contributed by atoms with Crippen LogP contribution < -0.4 is 10.1 Å². The van der Waals surface area contributed by atoms with E-state index in [0.717, 1.165) is 0 Å². The molecular weight excluding hydrogens is 600 g/mol. The van der Waals surface area contributed by atoms with E-state index in [9.17, 15) is 18.0 Å². The Morgan fingerprint density at radius 3 is 2.54 bits per heavy atom. The number of benzene rings is 1. The summed E-state index contributed by atoms with van der Waals surface area (Å²) >= 11 is 1.94. The van der Waals surface area contributed by atoms with Crippen LogP contribution in [0.1, 0.15) is 27.2 Å². The highest BCUT2D eigenvalue weighted by Crippen LogP contribution is 2.39. The summed E-state index contributed by atoms with van der Waals surface area (Å²) in [4.78, 5) is 24.0. The summed E-state index contributed by atoms with van der Waals surface area (Å²) in [6.45, 7) is 5.31. The molecule has 1 aliphatic heterocycles. The summed E-state index contributed by atoms with van der Waals surface area (Å²) in [5.74, 6) is -3.53. The van der Waals surface area contributed by atoms with Crippen LogP contribution in [0.2, 0.25) is 0 Å². The van der Waals surface area contributed by atoms with E-state index in [4.69, 9.17) is 9.57 Å². The van der Waals surface area contributed by atoms with Crippen LogP contribution in [0.15, 0.2) is 66.0 Å². The third-order valence-electron chi connectivity index (χ3n) is 6.17. The summed E-state index contributed by atoms with van der Waals surface area (Å²) in [6.07, 6.45) is 4.44. The molecule has 0 radical (unpaired) electrons. The van der Waals surface area contributed by atoms with E-state index in [1.807, 2.05) is 22.9 Å². The van der Waals surface area contributed by atoms with Crippen LogP contribution in [0.3, 0.4) is 0 Å². The number of carbonyl (C=O) groups excluding carboxylic acids is 1. The van der Waals surface area contributed by atoms with E-state index in [-0.39, 0.29) is 31.2 Å². The van der Waals surface area contributed by atoms with Gasteiger partial charge in [-0.15, -0.1) is 0 Å². The number of alkyl halides is 2. The van der Waals surface area contributed by atoms with Crippen molar-refractivity contribution in [2.24, 2.45) is 5.92 Å². The number of hydrogen-bond acceptors (Lipinski definition) is 6. The van der Waals surface area contributed by atoms with Crippen molar-refractivity contribution >= 4 is 34.6 Å². The van der Waals surface area contributed by atoms with Gasteiger partial charge < -0.3 is 10.1 Å². The maximum atomic E-state index is 15.0. The quantitative estimate of drug-likeness (QED) is 0.151. The smallest absolute Gasteiger partial charge is 0.257 e. The highest BCUT2D eigenvalue weighted by molar-refractivity contribution is 14.1. The zero-order chi connectivity index (χ0) is 27.2. The number of hydroxylamine groups is 1. The van der Waals surface area contributed by atoms with Gasteiger partial charge in [-0.2, -0.15) is 3.28 Å². The molecule has 1 aromatic carbocycles. The third-order valence-corrected chi connectivity index (χ3v) is 7.33. The fourth-order valence-corrected chi connectivity index (χ4v) is 4.14. The summed E-state index contributed by atoms with van der Waals surface area (Å²) in [5, 5.41) is 2.74. The number of amides is 1. The molecule has 11 heteroatoms. The molecule has 7 nitrogen and oxygen atoms in total. The lowest BCUT2D eigenvalue weighted by atomic mass is 9.85. The van der Waals surface area contributed by atoms with Crippen molar-refractivity contribution in [3.63, 3.8) is 0 Å². The normalized spacial score (nSPS) is 19.3. The molecular formula is C26H30F3IN4O3. The van der Waals surface area contributed by atoms with Gasteiger partial charge in [0, 0.05) is 25.2 Å². The van der Waals surface area contributed by atoms with Crippen LogP contribution >= 0.6 is 22.9 Å². The fourth-order valence-electron chi connectivity index (χ4n) is 4.00. The SMILES string of the molecule is C/C=C(\C=C(\C)N(I)OC)[C@@H]1CN([C@H](C)C(=O)Nc2ccc(Oc3ccc(F)cc3)cn2)CCC1(F)F. The summed E-state index contributed by atoms with van der Waals surface area (Å²) in [6, 6.07) is 8.11. The molecule has 1 amide bonds. The molecule has 1 fully saturated rings. The number of hydrogen-bond donors (Lipinski definition) is 1. The first kappa shape index (κ1) is 28.9. The molecule has 0 spiro atoms. The molecule has 1 N–H and O–H groups in total. The Hall–Kier alpha value is -2.64. The molecule has 200 valence electrons. The minimum absolute atomic E-state index is 0.0249. The molecule has 37 heavy (non-hydrogen) atoms. The highest BCUT2D eigenvalue weighted by atomic mass is 127. The number of likely N-dealkylation sites (tertiary alicyclic amines) is 1. The molecule has 2 aromatic rings. The van der Waals surface area contributed by atoms with Gasteiger partial charge in [0.2, 0.25) is 5.91 Å². The number of carbonyl (C=O) groups is 1. The molecule has 2 heterocycles. The monoisotopic (exact) mass is 630 g/mol. The molecule has 2 atom stereocenters. The maximum Gasteiger partial charge on any atom is 0.257 e. The first-order valence-electron chi connectivity index (χ1n) is 11.7. The van der Waals surface area contributed by atoms with E-state index in [1.165, 1.54) is 40.8 Å². The van der Waals surface area contributed by atoms with Crippen molar-refractivity contribution in [3.8, 4) is 11.5 Å². The van der Waals surface area contributed by atoms with Crippen LogP contribution in [0.5, 0.6) is 11.5 Å². The van der Waals surface area contributed by atoms with E-state index in [2.05, 4.69) is 10.3 Å². The van der Waals surface area contributed by atoms with Crippen molar-refractivity contribution in [3.05, 3.63) is 71.8 Å². The Morgan fingerprint density at radius 2 is 1.95 bits per heavy atom. The lowest BCUT2D eigenvalue weighted by Gasteiger charge is -2.41. The third kappa shape index (κ3) is 7.68. The van der Waals surface area contributed by atoms with Crippen LogP contribution in [0.25, 0.3) is 0 Å². The zero-order valence-corrected chi connectivity index (χ0v) is 23.2. The minimum Gasteiger partial charge on any atom is -0.456 e. The van der Waals surface area contributed by atoms with Gasteiger partial charge in [-0.25, -0.2) is 18.2 Å². The van der Waals surface area contributed by atoms with Crippen molar-refractivity contribution in [2.75, 3.05) is 25.5 Å². The number of ether oxygens (including phenoxy) is 1. The van der Waals surface area contributed by atoms with Crippen LogP contribution in [0.4, 0.5) is 19.0 Å². The average Bonchev–Trinajstić information content (AvgIpc) is 2.88. The maximum absolute atomic E-state index is 15.0. The lowest BCUT2D eigenvalue weighted by molar-refractivity contribution is -0.128. The molecule has 3 rings (SSSR count). The Labute approximate surface area is 228 Å². The van der Waals surface area contributed by atoms with Gasteiger partial charge in [-0.05, 0) is 68.8 Å². The fraction of sp³-hybridized carbons (Fsp3) is 0.385. The van der Waals surface area contributed by atoms with E-state index >= 15 is 0 Å². The number of pyridine rings is 1. The van der Waals surface area contributed by atoms with Gasteiger partial charge in [0.25, 0.3) is 5.92 Å². The second kappa shape index (κ2) is 12.7. The summed E-state index contributed by atoms with van der Waals surface area (Å²) in [5.41, 5.74) is 1.16. The molecule has 1 saturated heterocycles. The Kier molecular flexibility index (Phi) is 9.96. The largest absolute Gasteiger partial charge is 0.456 e. The number of halogens is 4. The number of nitrogens with one attached hydrogen (secondary N) is 1. The van der Waals surface area contributed by atoms with E-state index in [0.29, 0.717) is 28.6 Å². The van der Waals surface area contributed by atoms with Gasteiger partial charge in [0.05, 0.1) is 48.1 Å². The number of aromatic nitrogens is 1. The van der Waals surface area contributed by atoms with Gasteiger partial charge in [-0.1, -0.05) is 6.08 Å².